The molecule has 36 heavy (non-hydrogen) atoms. The van der Waals surface area contributed by atoms with Crippen molar-refractivity contribution in [1.82, 2.24) is 25.2 Å². The van der Waals surface area contributed by atoms with Gasteiger partial charge in [-0.15, -0.1) is 21.5 Å². The number of nitrogens with one attached hydrogen (secondary N) is 1. The van der Waals surface area contributed by atoms with E-state index in [9.17, 15) is 9.59 Å². The van der Waals surface area contributed by atoms with E-state index < -0.39 is 5.97 Å². The first-order valence-corrected chi connectivity index (χ1v) is 12.1. The van der Waals surface area contributed by atoms with Gasteiger partial charge in [0.1, 0.15) is 10.4 Å². The first kappa shape index (κ1) is 23.6. The van der Waals surface area contributed by atoms with Crippen LogP contribution in [0.2, 0.25) is 0 Å². The van der Waals surface area contributed by atoms with Gasteiger partial charge in [-0.25, -0.2) is 4.79 Å². The van der Waals surface area contributed by atoms with E-state index in [1.54, 1.807) is 17.5 Å². The molecule has 5 rings (SSSR count). The van der Waals surface area contributed by atoms with Gasteiger partial charge in [0.15, 0.2) is 6.79 Å². The molecule has 0 fully saturated rings. The largest absolute Gasteiger partial charge is 0.435 e. The monoisotopic (exact) mass is 501 g/mol. The number of esters is 1. The summed E-state index contributed by atoms with van der Waals surface area (Å²) in [6.07, 6.45) is 2.38. The number of rotatable bonds is 8. The molecule has 3 heterocycles. The second kappa shape index (κ2) is 10.2. The minimum Gasteiger partial charge on any atom is -0.435 e. The van der Waals surface area contributed by atoms with Gasteiger partial charge in [0, 0.05) is 30.3 Å². The summed E-state index contributed by atoms with van der Waals surface area (Å²) in [6.45, 7) is 2.31. The van der Waals surface area contributed by atoms with Gasteiger partial charge in [0.25, 0.3) is 0 Å². The lowest BCUT2D eigenvalue weighted by Gasteiger charge is -2.12. The summed E-state index contributed by atoms with van der Waals surface area (Å²) in [5.74, 6) is -0.169. The van der Waals surface area contributed by atoms with Crippen LogP contribution in [0, 0.1) is 0 Å². The number of H-pyrrole nitrogens is 1. The van der Waals surface area contributed by atoms with Crippen molar-refractivity contribution in [2.24, 2.45) is 0 Å². The number of aromatic nitrogens is 5. The molecule has 0 amide bonds. The van der Waals surface area contributed by atoms with Crippen molar-refractivity contribution >= 4 is 27.5 Å². The zero-order chi connectivity index (χ0) is 25.1. The Balaban J connectivity index is 1.50. The number of hydrogen-bond donors (Lipinski definition) is 1. The SMILES string of the molecule is CCc1cc2c(=O)c(C(=O)OCOC)cn(Cc3ccc(-c4ccccc4-c4nn[nH]n4)cc3)c2s1. The number of fused-ring (bicyclic) bond motifs is 1. The summed E-state index contributed by atoms with van der Waals surface area (Å²) < 4.78 is 11.8. The number of benzene rings is 2. The minimum absolute atomic E-state index is 0.00865. The van der Waals surface area contributed by atoms with Gasteiger partial charge in [-0.3, -0.25) is 4.79 Å². The zero-order valence-electron chi connectivity index (χ0n) is 19.7. The highest BCUT2D eigenvalue weighted by molar-refractivity contribution is 7.18. The average molecular weight is 502 g/mol. The number of ether oxygens (including phenoxy) is 2. The summed E-state index contributed by atoms with van der Waals surface area (Å²) in [4.78, 5) is 27.5. The predicted octanol–water partition coefficient (Wildman–Crippen LogP) is 4.28. The van der Waals surface area contributed by atoms with Crippen LogP contribution in [0.5, 0.6) is 0 Å². The number of carbonyl (C=O) groups excluding carboxylic acids is 1. The Morgan fingerprint density at radius 1 is 1.11 bits per heavy atom. The minimum atomic E-state index is -0.699. The van der Waals surface area contributed by atoms with Crippen LogP contribution in [0.15, 0.2) is 65.6 Å². The summed E-state index contributed by atoms with van der Waals surface area (Å²) in [7, 11) is 1.42. The standard InChI is InChI=1S/C26H23N5O4S/c1-3-18-12-21-23(32)22(26(33)35-15-34-2)14-31(25(21)36-18)13-16-8-10-17(11-9-16)19-6-4-5-7-20(19)24-27-29-30-28-24/h4-12,14H,3,13,15H2,1-2H3,(H,27,28,29,30). The van der Waals surface area contributed by atoms with Crippen LogP contribution < -0.4 is 5.43 Å². The van der Waals surface area contributed by atoms with Crippen LogP contribution in [0.3, 0.4) is 0 Å². The molecule has 2 aromatic carbocycles. The number of tetrazole rings is 1. The van der Waals surface area contributed by atoms with Gasteiger partial charge in [-0.2, -0.15) is 5.21 Å². The number of methoxy groups -OCH3 is 1. The number of pyridine rings is 1. The van der Waals surface area contributed by atoms with Crippen LogP contribution in [-0.2, 0) is 22.4 Å². The van der Waals surface area contributed by atoms with Crippen molar-refractivity contribution in [3.63, 3.8) is 0 Å². The first-order valence-electron chi connectivity index (χ1n) is 11.3. The molecule has 0 aliphatic carbocycles. The number of aromatic amines is 1. The maximum Gasteiger partial charge on any atom is 0.345 e. The number of aryl methyl sites for hydroxylation is 1. The molecule has 1 N–H and O–H groups in total. The lowest BCUT2D eigenvalue weighted by atomic mass is 9.98. The number of hydrogen-bond acceptors (Lipinski definition) is 8. The summed E-state index contributed by atoms with van der Waals surface area (Å²) in [5, 5.41) is 14.9. The highest BCUT2D eigenvalue weighted by Gasteiger charge is 2.19. The predicted molar refractivity (Wildman–Crippen MR) is 137 cm³/mol. The van der Waals surface area contributed by atoms with Crippen LogP contribution in [0.4, 0.5) is 0 Å². The summed E-state index contributed by atoms with van der Waals surface area (Å²) in [6, 6.07) is 17.9. The number of nitrogens with zero attached hydrogens (tertiary/aromatic N) is 4. The smallest absolute Gasteiger partial charge is 0.345 e. The third-order valence-corrected chi connectivity index (χ3v) is 7.12. The van der Waals surface area contributed by atoms with Gasteiger partial charge < -0.3 is 14.0 Å². The fourth-order valence-corrected chi connectivity index (χ4v) is 5.11. The molecule has 0 radical (unpaired) electrons. The quantitative estimate of drug-likeness (QED) is 0.249. The maximum atomic E-state index is 13.0. The van der Waals surface area contributed by atoms with E-state index in [2.05, 4.69) is 20.6 Å². The van der Waals surface area contributed by atoms with Gasteiger partial charge in [0.05, 0.1) is 5.39 Å². The molecule has 5 aromatic rings. The number of carbonyl (C=O) groups is 1. The molecule has 3 aromatic heterocycles. The highest BCUT2D eigenvalue weighted by Crippen LogP contribution is 2.30. The highest BCUT2D eigenvalue weighted by atomic mass is 32.1. The van der Waals surface area contributed by atoms with Gasteiger partial charge >= 0.3 is 5.97 Å². The van der Waals surface area contributed by atoms with E-state index in [-0.39, 0.29) is 17.8 Å². The molecule has 0 aliphatic heterocycles. The second-order valence-electron chi connectivity index (χ2n) is 8.10. The van der Waals surface area contributed by atoms with Crippen molar-refractivity contribution in [2.75, 3.05) is 13.9 Å². The van der Waals surface area contributed by atoms with Crippen LogP contribution in [0.1, 0.15) is 27.7 Å². The Morgan fingerprint density at radius 2 is 1.89 bits per heavy atom. The average Bonchev–Trinajstić information content (AvgIpc) is 3.60. The fraction of sp³-hybridized carbons (Fsp3) is 0.192. The topological polar surface area (TPSA) is 112 Å². The lowest BCUT2D eigenvalue weighted by molar-refractivity contribution is -0.0126. The first-order chi connectivity index (χ1) is 17.6. The lowest BCUT2D eigenvalue weighted by Crippen LogP contribution is -2.21. The van der Waals surface area contributed by atoms with Crippen molar-refractivity contribution in [2.45, 2.75) is 19.9 Å². The Morgan fingerprint density at radius 3 is 2.58 bits per heavy atom. The molecule has 0 atom stereocenters. The van der Waals surface area contributed by atoms with Crippen molar-refractivity contribution < 1.29 is 14.3 Å². The molecular formula is C26H23N5O4S. The zero-order valence-corrected chi connectivity index (χ0v) is 20.5. The molecule has 0 saturated heterocycles. The second-order valence-corrected chi connectivity index (χ2v) is 9.22. The fourth-order valence-electron chi connectivity index (χ4n) is 4.04. The third kappa shape index (κ3) is 4.56. The molecule has 0 aliphatic rings. The molecule has 9 nitrogen and oxygen atoms in total. The summed E-state index contributed by atoms with van der Waals surface area (Å²) >= 11 is 1.56. The third-order valence-electron chi connectivity index (χ3n) is 5.81. The Bertz CT molecular complexity index is 1570. The van der Waals surface area contributed by atoms with Gasteiger partial charge in [0.2, 0.25) is 11.3 Å². The van der Waals surface area contributed by atoms with Crippen molar-refractivity contribution in [3.05, 3.63) is 87.0 Å². The maximum absolute atomic E-state index is 13.0. The van der Waals surface area contributed by atoms with Crippen molar-refractivity contribution in [1.29, 1.82) is 0 Å². The molecule has 0 unspecified atom stereocenters. The molecule has 182 valence electrons. The number of thiophene rings is 1. The van der Waals surface area contributed by atoms with E-state index in [1.807, 2.05) is 66.1 Å². The van der Waals surface area contributed by atoms with Crippen LogP contribution >= 0.6 is 11.3 Å². The molecule has 0 spiro atoms. The van der Waals surface area contributed by atoms with E-state index in [0.717, 1.165) is 38.4 Å². The van der Waals surface area contributed by atoms with Crippen LogP contribution in [0.25, 0.3) is 32.7 Å². The van der Waals surface area contributed by atoms with E-state index in [4.69, 9.17) is 9.47 Å². The van der Waals surface area contributed by atoms with Crippen molar-refractivity contribution in [3.8, 4) is 22.5 Å². The summed E-state index contributed by atoms with van der Waals surface area (Å²) in [5.41, 5.74) is 3.56. The Labute approximate surface area is 210 Å². The molecule has 10 heteroatoms. The Hall–Kier alpha value is -4.15. The van der Waals surface area contributed by atoms with Crippen LogP contribution in [-0.4, -0.2) is 45.1 Å². The molecule has 0 saturated carbocycles. The van der Waals surface area contributed by atoms with Gasteiger partial charge in [-0.05, 0) is 34.4 Å². The Kier molecular flexibility index (Phi) is 6.70. The molecular weight excluding hydrogens is 478 g/mol. The normalized spacial score (nSPS) is 11.2. The van der Waals surface area contributed by atoms with E-state index in [0.29, 0.717) is 17.8 Å². The molecule has 0 bridgehead atoms. The van der Waals surface area contributed by atoms with Gasteiger partial charge in [-0.1, -0.05) is 55.5 Å². The van der Waals surface area contributed by atoms with E-state index >= 15 is 0 Å². The van der Waals surface area contributed by atoms with E-state index in [1.165, 1.54) is 7.11 Å².